The zero-order valence-corrected chi connectivity index (χ0v) is 13.1. The highest BCUT2D eigenvalue weighted by atomic mass is 32.2. The summed E-state index contributed by atoms with van der Waals surface area (Å²) in [5.41, 5.74) is 0.669. The summed E-state index contributed by atoms with van der Waals surface area (Å²) in [6.07, 6.45) is 2.60. The van der Waals surface area contributed by atoms with Gasteiger partial charge >= 0.3 is 0 Å². The van der Waals surface area contributed by atoms with Crippen LogP contribution in [0.3, 0.4) is 0 Å². The van der Waals surface area contributed by atoms with Crippen LogP contribution in [0.15, 0.2) is 11.2 Å². The Balaban J connectivity index is 2.10. The standard InChI is InChI=1S/C12H23N5O2S/c1-13-6-11-7-14-15-12(11)20(18,19)17(3)9-10-4-5-16(2)8-10/h7,10,13H,4-6,8-9H2,1-3H3,(H,14,15). The molecule has 1 unspecified atom stereocenters. The summed E-state index contributed by atoms with van der Waals surface area (Å²) in [6.45, 7) is 3.01. The first kappa shape index (κ1) is 15.4. The first-order valence-corrected chi connectivity index (χ1v) is 8.21. The molecule has 2 rings (SSSR count). The Kier molecular flexibility index (Phi) is 4.79. The van der Waals surface area contributed by atoms with Gasteiger partial charge in [0.1, 0.15) is 0 Å². The van der Waals surface area contributed by atoms with Gasteiger partial charge in [0.15, 0.2) is 5.03 Å². The van der Waals surface area contributed by atoms with Crippen molar-refractivity contribution in [3.8, 4) is 0 Å². The van der Waals surface area contributed by atoms with E-state index in [4.69, 9.17) is 0 Å². The Labute approximate surface area is 120 Å². The van der Waals surface area contributed by atoms with Crippen molar-refractivity contribution in [1.82, 2.24) is 24.7 Å². The monoisotopic (exact) mass is 301 g/mol. The molecule has 0 bridgehead atoms. The minimum atomic E-state index is -3.50. The molecule has 1 saturated heterocycles. The highest BCUT2D eigenvalue weighted by Gasteiger charge is 2.29. The largest absolute Gasteiger partial charge is 0.316 e. The van der Waals surface area contributed by atoms with Crippen molar-refractivity contribution in [2.45, 2.75) is 18.0 Å². The van der Waals surface area contributed by atoms with Gasteiger partial charge in [0.05, 0.1) is 6.20 Å². The van der Waals surface area contributed by atoms with Gasteiger partial charge < -0.3 is 10.2 Å². The summed E-state index contributed by atoms with van der Waals surface area (Å²) in [6, 6.07) is 0. The van der Waals surface area contributed by atoms with Gasteiger partial charge in [0.25, 0.3) is 10.0 Å². The topological polar surface area (TPSA) is 81.3 Å². The van der Waals surface area contributed by atoms with Crippen LogP contribution in [0, 0.1) is 5.92 Å². The van der Waals surface area contributed by atoms with Crippen LogP contribution < -0.4 is 5.32 Å². The van der Waals surface area contributed by atoms with E-state index >= 15 is 0 Å². The van der Waals surface area contributed by atoms with Crippen LogP contribution >= 0.6 is 0 Å². The maximum absolute atomic E-state index is 12.6. The molecule has 1 aromatic rings. The lowest BCUT2D eigenvalue weighted by atomic mass is 10.1. The molecule has 20 heavy (non-hydrogen) atoms. The Morgan fingerprint density at radius 2 is 2.35 bits per heavy atom. The summed E-state index contributed by atoms with van der Waals surface area (Å²) in [5, 5.41) is 9.62. The van der Waals surface area contributed by atoms with Gasteiger partial charge in [-0.05, 0) is 33.0 Å². The fourth-order valence-corrected chi connectivity index (χ4v) is 3.97. The van der Waals surface area contributed by atoms with Crippen molar-refractivity contribution in [1.29, 1.82) is 0 Å². The SMILES string of the molecule is CNCc1cn[nH]c1S(=O)(=O)N(C)CC1CCN(C)C1. The van der Waals surface area contributed by atoms with Gasteiger partial charge in [-0.25, -0.2) is 8.42 Å². The van der Waals surface area contributed by atoms with Crippen molar-refractivity contribution < 1.29 is 8.42 Å². The van der Waals surface area contributed by atoms with Crippen LogP contribution in [0.5, 0.6) is 0 Å². The molecule has 1 atom stereocenters. The normalized spacial score (nSPS) is 20.9. The smallest absolute Gasteiger partial charge is 0.260 e. The highest BCUT2D eigenvalue weighted by molar-refractivity contribution is 7.89. The highest BCUT2D eigenvalue weighted by Crippen LogP contribution is 2.21. The summed E-state index contributed by atoms with van der Waals surface area (Å²) >= 11 is 0. The minimum absolute atomic E-state index is 0.195. The molecule has 1 fully saturated rings. The maximum Gasteiger partial charge on any atom is 0.260 e. The number of hydrogen-bond acceptors (Lipinski definition) is 5. The third-order valence-electron chi connectivity index (χ3n) is 3.72. The molecule has 0 saturated carbocycles. The zero-order valence-electron chi connectivity index (χ0n) is 12.3. The molecule has 8 heteroatoms. The van der Waals surface area contributed by atoms with E-state index in [0.717, 1.165) is 19.5 Å². The lowest BCUT2D eigenvalue weighted by Gasteiger charge is -2.20. The molecular weight excluding hydrogens is 278 g/mol. The van der Waals surface area contributed by atoms with Crippen LogP contribution in [0.25, 0.3) is 0 Å². The summed E-state index contributed by atoms with van der Waals surface area (Å²) in [4.78, 5) is 2.23. The summed E-state index contributed by atoms with van der Waals surface area (Å²) in [7, 11) is 1.98. The Bertz CT molecular complexity index is 542. The van der Waals surface area contributed by atoms with E-state index in [1.807, 2.05) is 0 Å². The molecule has 1 aliphatic rings. The van der Waals surface area contributed by atoms with Crippen LogP contribution in [0.1, 0.15) is 12.0 Å². The molecule has 2 heterocycles. The summed E-state index contributed by atoms with van der Waals surface area (Å²) in [5.74, 6) is 0.399. The number of hydrogen-bond donors (Lipinski definition) is 2. The number of rotatable bonds is 6. The molecule has 0 aromatic carbocycles. The molecule has 114 valence electrons. The third kappa shape index (κ3) is 3.20. The number of sulfonamides is 1. The van der Waals surface area contributed by atoms with Crippen LogP contribution in [-0.4, -0.2) is 68.6 Å². The lowest BCUT2D eigenvalue weighted by molar-refractivity contribution is 0.356. The van der Waals surface area contributed by atoms with Crippen molar-refractivity contribution in [3.63, 3.8) is 0 Å². The van der Waals surface area contributed by atoms with E-state index in [1.165, 1.54) is 4.31 Å². The van der Waals surface area contributed by atoms with E-state index in [-0.39, 0.29) is 5.03 Å². The molecule has 0 amide bonds. The Hall–Kier alpha value is -0.960. The van der Waals surface area contributed by atoms with Crippen LogP contribution in [0.2, 0.25) is 0 Å². The second-order valence-corrected chi connectivity index (χ2v) is 7.44. The van der Waals surface area contributed by atoms with E-state index in [2.05, 4.69) is 27.5 Å². The Morgan fingerprint density at radius 1 is 1.60 bits per heavy atom. The average molecular weight is 301 g/mol. The molecule has 7 nitrogen and oxygen atoms in total. The molecular formula is C12H23N5O2S. The molecule has 0 aliphatic carbocycles. The number of nitrogens with zero attached hydrogens (tertiary/aromatic N) is 3. The minimum Gasteiger partial charge on any atom is -0.316 e. The number of H-pyrrole nitrogens is 1. The second kappa shape index (κ2) is 6.21. The van der Waals surface area contributed by atoms with E-state index in [9.17, 15) is 8.42 Å². The number of nitrogens with one attached hydrogen (secondary N) is 2. The Morgan fingerprint density at radius 3 is 2.95 bits per heavy atom. The molecule has 1 aliphatic heterocycles. The molecule has 1 aromatic heterocycles. The van der Waals surface area contributed by atoms with Gasteiger partial charge in [-0.15, -0.1) is 0 Å². The predicted molar refractivity (Wildman–Crippen MR) is 76.8 cm³/mol. The molecule has 0 spiro atoms. The van der Waals surface area contributed by atoms with Gasteiger partial charge in [-0.1, -0.05) is 0 Å². The number of aromatic amines is 1. The molecule has 2 N–H and O–H groups in total. The van der Waals surface area contributed by atoms with Crippen LogP contribution in [-0.2, 0) is 16.6 Å². The van der Waals surface area contributed by atoms with Crippen molar-refractivity contribution in [2.75, 3.05) is 40.8 Å². The van der Waals surface area contributed by atoms with E-state index in [0.29, 0.717) is 24.6 Å². The fraction of sp³-hybridized carbons (Fsp3) is 0.750. The van der Waals surface area contributed by atoms with Gasteiger partial charge in [0, 0.05) is 32.2 Å². The van der Waals surface area contributed by atoms with Crippen molar-refractivity contribution in [2.24, 2.45) is 5.92 Å². The average Bonchev–Trinajstić information content (AvgIpc) is 2.99. The second-order valence-electron chi connectivity index (χ2n) is 5.46. The maximum atomic E-state index is 12.6. The third-order valence-corrected chi connectivity index (χ3v) is 5.56. The van der Waals surface area contributed by atoms with Crippen LogP contribution in [0.4, 0.5) is 0 Å². The summed E-state index contributed by atoms with van der Waals surface area (Å²) < 4.78 is 26.6. The number of likely N-dealkylation sites (tertiary alicyclic amines) is 1. The predicted octanol–water partition coefficient (Wildman–Crippen LogP) is -0.299. The van der Waals surface area contributed by atoms with E-state index < -0.39 is 10.0 Å². The first-order chi connectivity index (χ1) is 9.45. The first-order valence-electron chi connectivity index (χ1n) is 6.77. The van der Waals surface area contributed by atoms with Gasteiger partial charge in [0.2, 0.25) is 0 Å². The van der Waals surface area contributed by atoms with E-state index in [1.54, 1.807) is 20.3 Å². The van der Waals surface area contributed by atoms with Crippen molar-refractivity contribution >= 4 is 10.0 Å². The van der Waals surface area contributed by atoms with Gasteiger partial charge in [-0.3, -0.25) is 5.10 Å². The van der Waals surface area contributed by atoms with Gasteiger partial charge in [-0.2, -0.15) is 9.40 Å². The van der Waals surface area contributed by atoms with Crippen molar-refractivity contribution in [3.05, 3.63) is 11.8 Å². The quantitative estimate of drug-likeness (QED) is 0.754. The number of aromatic nitrogens is 2. The molecule has 0 radical (unpaired) electrons. The lowest BCUT2D eigenvalue weighted by Crippen LogP contribution is -2.33. The fourth-order valence-electron chi connectivity index (χ4n) is 2.63. The zero-order chi connectivity index (χ0) is 14.8.